The molecule has 0 aromatic rings. The van der Waals surface area contributed by atoms with E-state index < -0.39 is 0 Å². The summed E-state index contributed by atoms with van der Waals surface area (Å²) in [6.07, 6.45) is 21.4. The Bertz CT molecular complexity index is 259. The molecular weight excluding hydrogens is 294 g/mol. The minimum Gasteiger partial charge on any atom is -0.330 e. The van der Waals surface area contributed by atoms with Crippen LogP contribution in [0.2, 0.25) is 0 Å². The second kappa shape index (κ2) is 19.0. The predicted octanol–water partition coefficient (Wildman–Crippen LogP) is 6.80. The van der Waals surface area contributed by atoms with Gasteiger partial charge in [0.1, 0.15) is 5.78 Å². The molecule has 144 valence electrons. The first kappa shape index (κ1) is 23.6. The molecule has 0 radical (unpaired) electrons. The molecule has 0 bridgehead atoms. The molecule has 0 aromatic heterocycles. The second-order valence-electron chi connectivity index (χ2n) is 7.52. The van der Waals surface area contributed by atoms with E-state index in [2.05, 4.69) is 13.8 Å². The molecule has 0 aliphatic carbocycles. The first-order valence-electron chi connectivity index (χ1n) is 11.0. The molecule has 0 saturated heterocycles. The summed E-state index contributed by atoms with van der Waals surface area (Å²) in [4.78, 5) is 12.2. The Labute approximate surface area is 152 Å². The number of unbranched alkanes of at least 4 members (excludes halogenated alkanes) is 12. The van der Waals surface area contributed by atoms with Gasteiger partial charge < -0.3 is 5.73 Å². The molecule has 0 aliphatic rings. The van der Waals surface area contributed by atoms with Gasteiger partial charge in [-0.2, -0.15) is 0 Å². The number of carbonyl (C=O) groups excluding carboxylic acids is 1. The zero-order valence-corrected chi connectivity index (χ0v) is 16.8. The van der Waals surface area contributed by atoms with Crippen molar-refractivity contribution in [3.05, 3.63) is 0 Å². The fourth-order valence-corrected chi connectivity index (χ4v) is 3.54. The summed E-state index contributed by atoms with van der Waals surface area (Å²) in [5.41, 5.74) is 5.62. The van der Waals surface area contributed by atoms with E-state index in [4.69, 9.17) is 5.73 Å². The third kappa shape index (κ3) is 15.2. The van der Waals surface area contributed by atoms with Gasteiger partial charge in [-0.15, -0.1) is 0 Å². The molecule has 0 aromatic carbocycles. The fraction of sp³-hybridized carbons (Fsp3) is 0.955. The Hall–Kier alpha value is -0.370. The van der Waals surface area contributed by atoms with Gasteiger partial charge in [-0.05, 0) is 25.8 Å². The highest BCUT2D eigenvalue weighted by atomic mass is 16.1. The standard InChI is InChI=1S/C22H45NO/c1-3-5-6-7-8-9-10-11-12-13-14-15-16-18-22(24)21(17-4-2)19-20-23/h21H,3-20,23H2,1-2H3. The Morgan fingerprint density at radius 1 is 0.667 bits per heavy atom. The third-order valence-corrected chi connectivity index (χ3v) is 5.13. The van der Waals surface area contributed by atoms with Gasteiger partial charge in [0, 0.05) is 12.3 Å². The molecule has 1 atom stereocenters. The molecule has 0 heterocycles. The van der Waals surface area contributed by atoms with Gasteiger partial charge in [0.2, 0.25) is 0 Å². The number of hydrogen-bond acceptors (Lipinski definition) is 2. The first-order valence-corrected chi connectivity index (χ1v) is 11.0. The van der Waals surface area contributed by atoms with Crippen LogP contribution in [0.4, 0.5) is 0 Å². The zero-order chi connectivity index (χ0) is 17.9. The molecule has 24 heavy (non-hydrogen) atoms. The van der Waals surface area contributed by atoms with Crippen LogP contribution in [0.1, 0.15) is 123 Å². The lowest BCUT2D eigenvalue weighted by Crippen LogP contribution is -2.18. The van der Waals surface area contributed by atoms with Crippen LogP contribution in [0.15, 0.2) is 0 Å². The van der Waals surface area contributed by atoms with Crippen molar-refractivity contribution in [2.45, 2.75) is 123 Å². The van der Waals surface area contributed by atoms with Crippen molar-refractivity contribution in [2.75, 3.05) is 6.54 Å². The average Bonchev–Trinajstić information content (AvgIpc) is 2.58. The maximum absolute atomic E-state index is 12.2. The van der Waals surface area contributed by atoms with Crippen LogP contribution in [0.25, 0.3) is 0 Å². The van der Waals surface area contributed by atoms with E-state index in [1.165, 1.54) is 77.0 Å². The molecule has 2 nitrogen and oxygen atoms in total. The van der Waals surface area contributed by atoms with Crippen LogP contribution in [0, 0.1) is 5.92 Å². The number of nitrogens with two attached hydrogens (primary N) is 1. The number of rotatable bonds is 19. The molecule has 0 fully saturated rings. The molecule has 2 heteroatoms. The Kier molecular flexibility index (Phi) is 18.7. The van der Waals surface area contributed by atoms with Crippen molar-refractivity contribution in [3.63, 3.8) is 0 Å². The molecular formula is C22H45NO. The summed E-state index contributed by atoms with van der Waals surface area (Å²) in [5, 5.41) is 0. The summed E-state index contributed by atoms with van der Waals surface area (Å²) in [6.45, 7) is 5.08. The highest BCUT2D eigenvalue weighted by Gasteiger charge is 2.15. The van der Waals surface area contributed by atoms with Crippen molar-refractivity contribution in [2.24, 2.45) is 11.7 Å². The van der Waals surface area contributed by atoms with Crippen LogP contribution >= 0.6 is 0 Å². The Morgan fingerprint density at radius 2 is 1.12 bits per heavy atom. The predicted molar refractivity (Wildman–Crippen MR) is 107 cm³/mol. The van der Waals surface area contributed by atoms with Crippen molar-refractivity contribution in [3.8, 4) is 0 Å². The van der Waals surface area contributed by atoms with E-state index in [1.807, 2.05) is 0 Å². The minimum atomic E-state index is 0.234. The van der Waals surface area contributed by atoms with Gasteiger partial charge in [-0.3, -0.25) is 4.79 Å². The van der Waals surface area contributed by atoms with Crippen molar-refractivity contribution in [1.29, 1.82) is 0 Å². The Morgan fingerprint density at radius 3 is 1.54 bits per heavy atom. The van der Waals surface area contributed by atoms with E-state index >= 15 is 0 Å². The lowest BCUT2D eigenvalue weighted by atomic mass is 9.91. The summed E-state index contributed by atoms with van der Waals surface area (Å²) < 4.78 is 0. The van der Waals surface area contributed by atoms with Gasteiger partial charge in [-0.25, -0.2) is 0 Å². The highest BCUT2D eigenvalue weighted by molar-refractivity contribution is 5.80. The molecule has 0 rings (SSSR count). The summed E-state index contributed by atoms with van der Waals surface area (Å²) in [7, 11) is 0. The third-order valence-electron chi connectivity index (χ3n) is 5.13. The van der Waals surface area contributed by atoms with Crippen LogP contribution in [-0.4, -0.2) is 12.3 Å². The van der Waals surface area contributed by atoms with E-state index in [1.54, 1.807) is 0 Å². The highest BCUT2D eigenvalue weighted by Crippen LogP contribution is 2.17. The number of carbonyl (C=O) groups is 1. The van der Waals surface area contributed by atoms with Crippen molar-refractivity contribution >= 4 is 5.78 Å². The molecule has 2 N–H and O–H groups in total. The molecule has 0 amide bonds. The molecule has 1 unspecified atom stereocenters. The maximum Gasteiger partial charge on any atom is 0.136 e. The molecule has 0 aliphatic heterocycles. The summed E-state index contributed by atoms with van der Waals surface area (Å²) >= 11 is 0. The second-order valence-corrected chi connectivity index (χ2v) is 7.52. The van der Waals surface area contributed by atoms with Gasteiger partial charge in [0.05, 0.1) is 0 Å². The van der Waals surface area contributed by atoms with E-state index in [9.17, 15) is 4.79 Å². The lowest BCUT2D eigenvalue weighted by Gasteiger charge is -2.13. The largest absolute Gasteiger partial charge is 0.330 e. The summed E-state index contributed by atoms with van der Waals surface area (Å²) in [5.74, 6) is 0.697. The average molecular weight is 340 g/mol. The number of Topliss-reactive ketones (excluding diaryl/α,β-unsaturated/α-hetero) is 1. The first-order chi connectivity index (χ1) is 11.8. The lowest BCUT2D eigenvalue weighted by molar-refractivity contribution is -0.123. The minimum absolute atomic E-state index is 0.234. The SMILES string of the molecule is CCCCCCCCCCCCCCCC(=O)C(CCC)CCN. The normalized spacial score (nSPS) is 12.5. The zero-order valence-electron chi connectivity index (χ0n) is 16.8. The number of ketones is 1. The topological polar surface area (TPSA) is 43.1 Å². The number of hydrogen-bond donors (Lipinski definition) is 1. The van der Waals surface area contributed by atoms with Gasteiger partial charge >= 0.3 is 0 Å². The van der Waals surface area contributed by atoms with Gasteiger partial charge in [-0.1, -0.05) is 97.3 Å². The van der Waals surface area contributed by atoms with E-state index in [0.29, 0.717) is 12.3 Å². The van der Waals surface area contributed by atoms with E-state index in [0.717, 1.165) is 32.1 Å². The smallest absolute Gasteiger partial charge is 0.136 e. The summed E-state index contributed by atoms with van der Waals surface area (Å²) in [6, 6.07) is 0. The fourth-order valence-electron chi connectivity index (χ4n) is 3.54. The quantitative estimate of drug-likeness (QED) is 0.263. The van der Waals surface area contributed by atoms with Crippen LogP contribution in [0.5, 0.6) is 0 Å². The van der Waals surface area contributed by atoms with E-state index in [-0.39, 0.29) is 5.92 Å². The van der Waals surface area contributed by atoms with Crippen LogP contribution in [0.3, 0.4) is 0 Å². The maximum atomic E-state index is 12.2. The van der Waals surface area contributed by atoms with Crippen molar-refractivity contribution in [1.82, 2.24) is 0 Å². The van der Waals surface area contributed by atoms with Crippen molar-refractivity contribution < 1.29 is 4.79 Å². The van der Waals surface area contributed by atoms with Gasteiger partial charge in [0.15, 0.2) is 0 Å². The molecule has 0 spiro atoms. The van der Waals surface area contributed by atoms with Gasteiger partial charge in [0.25, 0.3) is 0 Å². The van der Waals surface area contributed by atoms with Crippen LogP contribution < -0.4 is 5.73 Å². The van der Waals surface area contributed by atoms with Crippen LogP contribution in [-0.2, 0) is 4.79 Å². The molecule has 0 saturated carbocycles. The Balaban J connectivity index is 3.33. The monoisotopic (exact) mass is 339 g/mol.